The molecule has 0 unspecified atom stereocenters. The van der Waals surface area contributed by atoms with Crippen LogP contribution in [0.2, 0.25) is 0 Å². The number of nitrogens with zero attached hydrogens (tertiary/aromatic N) is 2. The van der Waals surface area contributed by atoms with Gasteiger partial charge >= 0.3 is 0 Å². The van der Waals surface area contributed by atoms with Gasteiger partial charge in [-0.3, -0.25) is 4.98 Å². The van der Waals surface area contributed by atoms with Crippen LogP contribution in [0.3, 0.4) is 0 Å². The van der Waals surface area contributed by atoms with Gasteiger partial charge in [0.2, 0.25) is 0 Å². The fourth-order valence-corrected chi connectivity index (χ4v) is 0.983. The molecule has 0 aliphatic carbocycles. The molecule has 0 bridgehead atoms. The minimum Gasteiger partial charge on any atom is -0.304 e. The van der Waals surface area contributed by atoms with Crippen LogP contribution < -0.4 is 0 Å². The van der Waals surface area contributed by atoms with E-state index in [0.717, 1.165) is 12.2 Å². The van der Waals surface area contributed by atoms with Crippen LogP contribution in [-0.4, -0.2) is 24.0 Å². The molecular weight excluding hydrogens is 136 g/mol. The zero-order valence-corrected chi connectivity index (χ0v) is 7.33. The number of pyridine rings is 1. The van der Waals surface area contributed by atoms with Gasteiger partial charge in [0.15, 0.2) is 0 Å². The summed E-state index contributed by atoms with van der Waals surface area (Å²) in [6, 6.07) is 4.06. The topological polar surface area (TPSA) is 16.1 Å². The summed E-state index contributed by atoms with van der Waals surface area (Å²) in [5.74, 6) is 0. The van der Waals surface area contributed by atoms with Crippen LogP contribution in [0.4, 0.5) is 0 Å². The Balaban J connectivity index is 2.78. The Morgan fingerprint density at radius 3 is 2.73 bits per heavy atom. The summed E-state index contributed by atoms with van der Waals surface area (Å²) in [4.78, 5) is 6.40. The van der Waals surface area contributed by atoms with E-state index in [4.69, 9.17) is 0 Å². The van der Waals surface area contributed by atoms with Crippen LogP contribution in [0.5, 0.6) is 0 Å². The molecule has 2 nitrogen and oxygen atoms in total. The second kappa shape index (κ2) is 3.49. The lowest BCUT2D eigenvalue weighted by Crippen LogP contribution is -2.12. The monoisotopic (exact) mass is 150 g/mol. The van der Waals surface area contributed by atoms with Gasteiger partial charge in [-0.1, -0.05) is 6.07 Å². The van der Waals surface area contributed by atoms with Gasteiger partial charge in [0.25, 0.3) is 0 Å². The molecule has 0 fully saturated rings. The van der Waals surface area contributed by atoms with E-state index in [-0.39, 0.29) is 0 Å². The zero-order valence-electron chi connectivity index (χ0n) is 7.33. The molecule has 1 aromatic rings. The largest absolute Gasteiger partial charge is 0.304 e. The van der Waals surface area contributed by atoms with Crippen molar-refractivity contribution in [3.05, 3.63) is 29.6 Å². The third-order valence-corrected chi connectivity index (χ3v) is 1.58. The van der Waals surface area contributed by atoms with E-state index in [0.29, 0.717) is 0 Å². The first kappa shape index (κ1) is 8.21. The maximum absolute atomic E-state index is 4.28. The molecule has 0 saturated carbocycles. The second-order valence-corrected chi connectivity index (χ2v) is 3.00. The second-order valence-electron chi connectivity index (χ2n) is 3.00. The Hall–Kier alpha value is -0.890. The smallest absolute Gasteiger partial charge is 0.0572 e. The van der Waals surface area contributed by atoms with Crippen molar-refractivity contribution in [3.63, 3.8) is 0 Å². The van der Waals surface area contributed by atoms with Crippen molar-refractivity contribution in [2.24, 2.45) is 0 Å². The van der Waals surface area contributed by atoms with Gasteiger partial charge in [0.05, 0.1) is 5.69 Å². The summed E-state index contributed by atoms with van der Waals surface area (Å²) in [5, 5.41) is 0. The van der Waals surface area contributed by atoms with Crippen molar-refractivity contribution in [2.45, 2.75) is 13.5 Å². The maximum atomic E-state index is 4.28. The SMILES string of the molecule is Cc1cccnc1CN(C)C. The highest BCUT2D eigenvalue weighted by atomic mass is 15.1. The Morgan fingerprint density at radius 2 is 2.18 bits per heavy atom. The molecule has 0 radical (unpaired) electrons. The first-order valence-electron chi connectivity index (χ1n) is 3.75. The van der Waals surface area contributed by atoms with Crippen molar-refractivity contribution in [2.75, 3.05) is 14.1 Å². The van der Waals surface area contributed by atoms with Crippen LogP contribution in [0, 0.1) is 6.92 Å². The van der Waals surface area contributed by atoms with Crippen molar-refractivity contribution in [3.8, 4) is 0 Å². The standard InChI is InChI=1S/C9H14N2/c1-8-5-4-6-10-9(8)7-11(2)3/h4-6H,7H2,1-3H3. The van der Waals surface area contributed by atoms with E-state index in [9.17, 15) is 0 Å². The number of rotatable bonds is 2. The Bertz CT molecular complexity index is 231. The van der Waals surface area contributed by atoms with E-state index in [1.807, 2.05) is 26.4 Å². The molecule has 0 N–H and O–H groups in total. The fraction of sp³-hybridized carbons (Fsp3) is 0.444. The molecule has 0 aromatic carbocycles. The first-order chi connectivity index (χ1) is 5.20. The zero-order chi connectivity index (χ0) is 8.27. The minimum atomic E-state index is 0.923. The molecular formula is C9H14N2. The molecule has 0 spiro atoms. The van der Waals surface area contributed by atoms with Crippen LogP contribution in [-0.2, 0) is 6.54 Å². The third-order valence-electron chi connectivity index (χ3n) is 1.58. The summed E-state index contributed by atoms with van der Waals surface area (Å²) >= 11 is 0. The lowest BCUT2D eigenvalue weighted by molar-refractivity contribution is 0.395. The Kier molecular flexibility index (Phi) is 2.60. The van der Waals surface area contributed by atoms with Gasteiger partial charge in [-0.2, -0.15) is 0 Å². The van der Waals surface area contributed by atoms with E-state index in [1.165, 1.54) is 5.56 Å². The lowest BCUT2D eigenvalue weighted by Gasteiger charge is -2.09. The third kappa shape index (κ3) is 2.31. The minimum absolute atomic E-state index is 0.923. The highest BCUT2D eigenvalue weighted by Crippen LogP contribution is 2.04. The van der Waals surface area contributed by atoms with Crippen LogP contribution in [0.25, 0.3) is 0 Å². The molecule has 0 amide bonds. The predicted octanol–water partition coefficient (Wildman–Crippen LogP) is 1.45. The summed E-state index contributed by atoms with van der Waals surface area (Å²) in [7, 11) is 4.10. The Labute approximate surface area is 67.9 Å². The fourth-order valence-electron chi connectivity index (χ4n) is 0.983. The highest BCUT2D eigenvalue weighted by molar-refractivity contribution is 5.17. The highest BCUT2D eigenvalue weighted by Gasteiger charge is 1.98. The molecule has 0 atom stereocenters. The molecule has 0 saturated heterocycles. The van der Waals surface area contributed by atoms with E-state index in [1.54, 1.807) is 0 Å². The number of aromatic nitrogens is 1. The van der Waals surface area contributed by atoms with Crippen molar-refractivity contribution < 1.29 is 0 Å². The first-order valence-corrected chi connectivity index (χ1v) is 3.75. The van der Waals surface area contributed by atoms with Gasteiger partial charge in [-0.15, -0.1) is 0 Å². The normalized spacial score (nSPS) is 10.5. The molecule has 1 aromatic heterocycles. The number of hydrogen-bond donors (Lipinski definition) is 0. The van der Waals surface area contributed by atoms with E-state index >= 15 is 0 Å². The molecule has 0 aliphatic rings. The van der Waals surface area contributed by atoms with Gasteiger partial charge in [0.1, 0.15) is 0 Å². The molecule has 0 aliphatic heterocycles. The molecule has 1 rings (SSSR count). The lowest BCUT2D eigenvalue weighted by atomic mass is 10.2. The van der Waals surface area contributed by atoms with E-state index in [2.05, 4.69) is 22.9 Å². The summed E-state index contributed by atoms with van der Waals surface area (Å²) in [5.41, 5.74) is 2.43. The maximum Gasteiger partial charge on any atom is 0.0572 e. The quantitative estimate of drug-likeness (QED) is 0.634. The number of aryl methyl sites for hydroxylation is 1. The Morgan fingerprint density at radius 1 is 1.45 bits per heavy atom. The van der Waals surface area contributed by atoms with Crippen LogP contribution in [0.15, 0.2) is 18.3 Å². The predicted molar refractivity (Wildman–Crippen MR) is 46.4 cm³/mol. The molecule has 1 heterocycles. The van der Waals surface area contributed by atoms with Crippen molar-refractivity contribution in [1.29, 1.82) is 0 Å². The van der Waals surface area contributed by atoms with Gasteiger partial charge in [-0.25, -0.2) is 0 Å². The number of hydrogen-bond acceptors (Lipinski definition) is 2. The van der Waals surface area contributed by atoms with Crippen molar-refractivity contribution >= 4 is 0 Å². The van der Waals surface area contributed by atoms with E-state index < -0.39 is 0 Å². The average molecular weight is 150 g/mol. The molecule has 11 heavy (non-hydrogen) atoms. The molecule has 60 valence electrons. The average Bonchev–Trinajstić information content (AvgIpc) is 1.93. The summed E-state index contributed by atoms with van der Waals surface area (Å²) in [6.07, 6.45) is 1.84. The summed E-state index contributed by atoms with van der Waals surface area (Å²) in [6.45, 7) is 3.01. The summed E-state index contributed by atoms with van der Waals surface area (Å²) < 4.78 is 0. The van der Waals surface area contributed by atoms with Gasteiger partial charge < -0.3 is 4.90 Å². The van der Waals surface area contributed by atoms with Gasteiger partial charge in [0, 0.05) is 12.7 Å². The van der Waals surface area contributed by atoms with Crippen molar-refractivity contribution in [1.82, 2.24) is 9.88 Å². The van der Waals surface area contributed by atoms with Crippen LogP contribution in [0.1, 0.15) is 11.3 Å². The van der Waals surface area contributed by atoms with Gasteiger partial charge in [-0.05, 0) is 32.6 Å². The van der Waals surface area contributed by atoms with Crippen LogP contribution >= 0.6 is 0 Å². The molecule has 2 heteroatoms.